The van der Waals surface area contributed by atoms with Gasteiger partial charge < -0.3 is 0 Å². The van der Waals surface area contributed by atoms with Gasteiger partial charge in [-0.15, -0.1) is 0 Å². The number of hydrogen-bond acceptors (Lipinski definition) is 4. The molecule has 0 aliphatic rings. The smallest absolute Gasteiger partial charge is 0.268 e. The normalized spacial score (nSPS) is 12.3. The van der Waals surface area contributed by atoms with Crippen LogP contribution < -0.4 is 5.56 Å². The van der Waals surface area contributed by atoms with E-state index in [1.165, 1.54) is 21.3 Å². The van der Waals surface area contributed by atoms with Crippen LogP contribution in [0.1, 0.15) is 35.0 Å². The number of amides is 1. The van der Waals surface area contributed by atoms with E-state index >= 15 is 0 Å². The number of nitrogens with zero attached hydrogens (tertiary/aromatic N) is 4. The van der Waals surface area contributed by atoms with E-state index in [2.05, 4.69) is 4.98 Å². The Hall–Kier alpha value is -4.92. The molecule has 0 saturated carbocycles. The van der Waals surface area contributed by atoms with E-state index in [1.807, 2.05) is 37.3 Å². The minimum absolute atomic E-state index is 0.121. The van der Waals surface area contributed by atoms with E-state index in [1.54, 1.807) is 49.6 Å². The van der Waals surface area contributed by atoms with E-state index in [0.717, 1.165) is 23.3 Å². The molecule has 2 aromatic heterocycles. The zero-order chi connectivity index (χ0) is 29.1. The third-order valence-corrected chi connectivity index (χ3v) is 6.80. The van der Waals surface area contributed by atoms with Gasteiger partial charge in [0.05, 0.1) is 28.6 Å². The SMILES string of the molecule is CC(c1nc2ccccc2c(=O)n1-c1ccc(C)cc1)=[N+](Cc1cccnc1)C(=O)Cc1ccc(C(F)(F)F)cc1. The minimum atomic E-state index is -4.47. The predicted octanol–water partition coefficient (Wildman–Crippen LogP) is 5.90. The summed E-state index contributed by atoms with van der Waals surface area (Å²) >= 11 is 0. The van der Waals surface area contributed by atoms with Gasteiger partial charge in [-0.1, -0.05) is 42.0 Å². The Morgan fingerprint density at radius 1 is 0.902 bits per heavy atom. The highest BCUT2D eigenvalue weighted by molar-refractivity contribution is 5.97. The fraction of sp³-hybridized carbons (Fsp3) is 0.156. The molecule has 41 heavy (non-hydrogen) atoms. The molecule has 0 fully saturated rings. The van der Waals surface area contributed by atoms with Gasteiger partial charge in [0, 0.05) is 24.9 Å². The molecule has 0 N–H and O–H groups in total. The average Bonchev–Trinajstić information content (AvgIpc) is 2.96. The zero-order valence-corrected chi connectivity index (χ0v) is 22.4. The van der Waals surface area contributed by atoms with Crippen LogP contribution in [0.5, 0.6) is 0 Å². The van der Waals surface area contributed by atoms with Crippen molar-refractivity contribution in [1.29, 1.82) is 0 Å². The molecule has 0 radical (unpaired) electrons. The van der Waals surface area contributed by atoms with Crippen LogP contribution >= 0.6 is 0 Å². The minimum Gasteiger partial charge on any atom is -0.268 e. The van der Waals surface area contributed by atoms with E-state index in [9.17, 15) is 22.8 Å². The fourth-order valence-corrected chi connectivity index (χ4v) is 4.58. The van der Waals surface area contributed by atoms with E-state index in [0.29, 0.717) is 27.9 Å². The maximum Gasteiger partial charge on any atom is 0.416 e. The number of aryl methyl sites for hydroxylation is 1. The second kappa shape index (κ2) is 11.3. The molecule has 0 atom stereocenters. The number of pyridine rings is 1. The summed E-state index contributed by atoms with van der Waals surface area (Å²) < 4.78 is 42.2. The Morgan fingerprint density at radius 3 is 2.27 bits per heavy atom. The molecule has 0 aliphatic heterocycles. The Balaban J connectivity index is 1.68. The summed E-state index contributed by atoms with van der Waals surface area (Å²) in [7, 11) is 0. The monoisotopic (exact) mass is 555 g/mol. The lowest BCUT2D eigenvalue weighted by atomic mass is 10.1. The van der Waals surface area contributed by atoms with Crippen molar-refractivity contribution in [2.75, 3.05) is 0 Å². The number of aromatic nitrogens is 3. The number of halogens is 3. The van der Waals surface area contributed by atoms with Crippen molar-refractivity contribution in [2.45, 2.75) is 33.0 Å². The van der Waals surface area contributed by atoms with Crippen molar-refractivity contribution in [3.05, 3.63) is 136 Å². The van der Waals surface area contributed by atoms with Gasteiger partial charge in [-0.25, -0.2) is 9.78 Å². The Morgan fingerprint density at radius 2 is 1.61 bits per heavy atom. The number of benzene rings is 3. The van der Waals surface area contributed by atoms with Gasteiger partial charge in [0.1, 0.15) is 0 Å². The van der Waals surface area contributed by atoms with Crippen molar-refractivity contribution < 1.29 is 22.5 Å². The van der Waals surface area contributed by atoms with Crippen LogP contribution in [-0.2, 0) is 23.9 Å². The first-order valence-corrected chi connectivity index (χ1v) is 12.9. The molecule has 9 heteroatoms. The maximum atomic E-state index is 13.8. The quantitative estimate of drug-likeness (QED) is 0.193. The third kappa shape index (κ3) is 5.99. The Bertz CT molecular complexity index is 1810. The van der Waals surface area contributed by atoms with Crippen molar-refractivity contribution in [3.8, 4) is 5.69 Å². The van der Waals surface area contributed by atoms with Crippen LogP contribution in [0.4, 0.5) is 13.2 Å². The highest BCUT2D eigenvalue weighted by atomic mass is 19.4. The first-order valence-electron chi connectivity index (χ1n) is 12.9. The van der Waals surface area contributed by atoms with Crippen LogP contribution in [0, 0.1) is 6.92 Å². The molecule has 0 aliphatic carbocycles. The molecule has 1 amide bonds. The Labute approximate surface area is 234 Å². The van der Waals surface area contributed by atoms with E-state index in [4.69, 9.17) is 4.98 Å². The van der Waals surface area contributed by atoms with Crippen molar-refractivity contribution >= 4 is 22.5 Å². The van der Waals surface area contributed by atoms with Gasteiger partial charge in [-0.05, 0) is 61.0 Å². The average molecular weight is 556 g/mol. The molecule has 0 saturated heterocycles. The molecular weight excluding hydrogens is 529 g/mol. The molecule has 206 valence electrons. The van der Waals surface area contributed by atoms with Crippen molar-refractivity contribution in [2.24, 2.45) is 0 Å². The summed E-state index contributed by atoms with van der Waals surface area (Å²) in [6, 6.07) is 22.5. The Kier molecular flexibility index (Phi) is 7.61. The second-order valence-corrected chi connectivity index (χ2v) is 9.73. The standard InChI is InChI=1S/C32H26F3N4O2/c1-21-9-15-26(16-10-21)39-30(37-28-8-4-3-7-27(28)31(39)41)22(2)38(20-24-6-5-17-36-19-24)29(40)18-23-11-13-25(14-12-23)32(33,34)35/h3-17,19H,18,20H2,1-2H3/q+1. The van der Waals surface area contributed by atoms with Crippen LogP contribution in [0.3, 0.4) is 0 Å². The molecule has 5 rings (SSSR count). The van der Waals surface area contributed by atoms with Gasteiger partial charge in [-0.3, -0.25) is 14.3 Å². The molecule has 6 nitrogen and oxygen atoms in total. The van der Waals surface area contributed by atoms with Crippen LogP contribution in [0.15, 0.2) is 102 Å². The lowest BCUT2D eigenvalue weighted by Crippen LogP contribution is -2.33. The lowest BCUT2D eigenvalue weighted by molar-refractivity contribution is -0.464. The number of fused-ring (bicyclic) bond motifs is 1. The number of para-hydroxylation sites is 1. The molecule has 0 bridgehead atoms. The summed E-state index contributed by atoms with van der Waals surface area (Å²) in [6.45, 7) is 3.77. The number of alkyl halides is 3. The lowest BCUT2D eigenvalue weighted by Gasteiger charge is -2.14. The van der Waals surface area contributed by atoms with Gasteiger partial charge in [-0.2, -0.15) is 17.7 Å². The van der Waals surface area contributed by atoms with Crippen LogP contribution in [-0.4, -0.2) is 30.7 Å². The number of rotatable bonds is 6. The highest BCUT2D eigenvalue weighted by Gasteiger charge is 2.31. The highest BCUT2D eigenvalue weighted by Crippen LogP contribution is 2.29. The summed E-state index contributed by atoms with van der Waals surface area (Å²) in [4.78, 5) is 36.6. The van der Waals surface area contributed by atoms with Gasteiger partial charge >= 0.3 is 12.1 Å². The van der Waals surface area contributed by atoms with E-state index in [-0.39, 0.29) is 30.3 Å². The summed E-state index contributed by atoms with van der Waals surface area (Å²) in [5, 5.41) is 0.430. The van der Waals surface area contributed by atoms with Crippen LogP contribution in [0.25, 0.3) is 16.6 Å². The van der Waals surface area contributed by atoms with Crippen LogP contribution in [0.2, 0.25) is 0 Å². The molecule has 0 spiro atoms. The predicted molar refractivity (Wildman–Crippen MR) is 150 cm³/mol. The number of carbonyl (C=O) groups is 1. The first kappa shape index (κ1) is 27.6. The molecule has 0 unspecified atom stereocenters. The number of hydrogen-bond donors (Lipinski definition) is 0. The molecule has 5 aromatic rings. The van der Waals surface area contributed by atoms with Gasteiger partial charge in [0.25, 0.3) is 5.56 Å². The van der Waals surface area contributed by atoms with Crippen molar-refractivity contribution in [1.82, 2.24) is 14.5 Å². The zero-order valence-electron chi connectivity index (χ0n) is 22.4. The topological polar surface area (TPSA) is 67.9 Å². The van der Waals surface area contributed by atoms with Crippen molar-refractivity contribution in [3.63, 3.8) is 0 Å². The first-order chi connectivity index (χ1) is 19.6. The van der Waals surface area contributed by atoms with Gasteiger partial charge in [0.2, 0.25) is 11.5 Å². The third-order valence-electron chi connectivity index (χ3n) is 6.80. The fourth-order valence-electron chi connectivity index (χ4n) is 4.58. The maximum absolute atomic E-state index is 13.8. The second-order valence-electron chi connectivity index (χ2n) is 9.73. The summed E-state index contributed by atoms with van der Waals surface area (Å²) in [6.07, 6.45) is -1.38. The molecule has 3 aromatic carbocycles. The largest absolute Gasteiger partial charge is 0.416 e. The summed E-state index contributed by atoms with van der Waals surface area (Å²) in [5.41, 5.74) is 2.58. The molecular formula is C32H26F3N4O2+. The molecule has 2 heterocycles. The van der Waals surface area contributed by atoms with Gasteiger partial charge in [0.15, 0.2) is 6.54 Å². The summed E-state index contributed by atoms with van der Waals surface area (Å²) in [5.74, 6) is -0.0915. The van der Waals surface area contributed by atoms with E-state index < -0.39 is 11.7 Å². The number of carbonyl (C=O) groups excluding carboxylic acids is 1.